The van der Waals surface area contributed by atoms with Crippen LogP contribution in [-0.2, 0) is 16.6 Å². The van der Waals surface area contributed by atoms with Gasteiger partial charge < -0.3 is 29.2 Å². The number of aromatic amines is 1. The molecule has 0 aliphatic carbocycles. The number of fused-ring (bicyclic) bond motifs is 3. The van der Waals surface area contributed by atoms with E-state index in [4.69, 9.17) is 9.47 Å². The van der Waals surface area contributed by atoms with Gasteiger partial charge in [0.05, 0.1) is 18.5 Å². The SMILES string of the molecule is COc1cc2c(-c3cc4cccnc4[nH]3)cn(C)c2cc1OCC(=O)N1C[C@@H]2CNC(=O)[C@@H]2C1. The molecule has 174 valence electrons. The fourth-order valence-electron chi connectivity index (χ4n) is 5.15. The van der Waals surface area contributed by atoms with Gasteiger partial charge in [-0.2, -0.15) is 0 Å². The quantitative estimate of drug-likeness (QED) is 0.477. The van der Waals surface area contributed by atoms with Gasteiger partial charge in [0.2, 0.25) is 5.91 Å². The van der Waals surface area contributed by atoms with Crippen molar-refractivity contribution in [1.29, 1.82) is 0 Å². The molecule has 34 heavy (non-hydrogen) atoms. The van der Waals surface area contributed by atoms with Gasteiger partial charge in [-0.1, -0.05) is 0 Å². The number of hydrogen-bond acceptors (Lipinski definition) is 5. The summed E-state index contributed by atoms with van der Waals surface area (Å²) in [6.45, 7) is 1.58. The number of pyridine rings is 1. The third-order valence-corrected chi connectivity index (χ3v) is 6.98. The van der Waals surface area contributed by atoms with Crippen LogP contribution in [0.2, 0.25) is 0 Å². The van der Waals surface area contributed by atoms with E-state index in [1.807, 2.05) is 35.9 Å². The molecule has 2 aliphatic rings. The van der Waals surface area contributed by atoms with Gasteiger partial charge in [-0.25, -0.2) is 4.98 Å². The number of carbonyl (C=O) groups is 2. The fourth-order valence-corrected chi connectivity index (χ4v) is 5.15. The summed E-state index contributed by atoms with van der Waals surface area (Å²) in [5.41, 5.74) is 3.79. The Hall–Kier alpha value is -4.01. The minimum absolute atomic E-state index is 0.0404. The first kappa shape index (κ1) is 20.6. The first-order chi connectivity index (χ1) is 16.5. The minimum Gasteiger partial charge on any atom is -0.493 e. The molecule has 1 aromatic carbocycles. The number of likely N-dealkylation sites (tertiary alicyclic amines) is 1. The Bertz CT molecular complexity index is 1410. The molecule has 2 saturated heterocycles. The molecule has 0 unspecified atom stereocenters. The summed E-state index contributed by atoms with van der Waals surface area (Å²) in [6, 6.07) is 9.86. The second-order valence-electron chi connectivity index (χ2n) is 9.00. The normalized spacial score (nSPS) is 19.6. The molecule has 2 N–H and O–H groups in total. The molecule has 0 bridgehead atoms. The molecule has 9 nitrogen and oxygen atoms in total. The van der Waals surface area contributed by atoms with Crippen LogP contribution in [-0.4, -0.2) is 64.6 Å². The molecule has 4 aromatic rings. The maximum Gasteiger partial charge on any atom is 0.260 e. The Morgan fingerprint density at radius 3 is 2.91 bits per heavy atom. The summed E-state index contributed by atoms with van der Waals surface area (Å²) in [4.78, 5) is 34.2. The molecule has 3 aromatic heterocycles. The molecule has 0 radical (unpaired) electrons. The van der Waals surface area contributed by atoms with E-state index in [2.05, 4.69) is 27.5 Å². The first-order valence-corrected chi connectivity index (χ1v) is 11.3. The highest BCUT2D eigenvalue weighted by atomic mass is 16.5. The summed E-state index contributed by atoms with van der Waals surface area (Å²) in [7, 11) is 3.56. The van der Waals surface area contributed by atoms with Gasteiger partial charge in [-0.05, 0) is 24.3 Å². The molecule has 2 fully saturated rings. The number of nitrogens with one attached hydrogen (secondary N) is 2. The van der Waals surface area contributed by atoms with E-state index in [1.54, 1.807) is 18.2 Å². The molecule has 2 amide bonds. The van der Waals surface area contributed by atoms with Crippen LogP contribution < -0.4 is 14.8 Å². The molecule has 2 atom stereocenters. The predicted octanol–water partition coefficient (Wildman–Crippen LogP) is 2.31. The van der Waals surface area contributed by atoms with Crippen molar-refractivity contribution < 1.29 is 19.1 Å². The molecule has 0 saturated carbocycles. The van der Waals surface area contributed by atoms with Crippen LogP contribution in [0, 0.1) is 11.8 Å². The average Bonchev–Trinajstić information content (AvgIpc) is 3.60. The maximum absolute atomic E-state index is 12.8. The van der Waals surface area contributed by atoms with E-state index >= 15 is 0 Å². The van der Waals surface area contributed by atoms with Gasteiger partial charge in [0.1, 0.15) is 5.65 Å². The zero-order valence-corrected chi connectivity index (χ0v) is 19.0. The van der Waals surface area contributed by atoms with Crippen LogP contribution in [0.4, 0.5) is 0 Å². The van der Waals surface area contributed by atoms with Crippen molar-refractivity contribution in [3.05, 3.63) is 42.7 Å². The topological polar surface area (TPSA) is 101 Å². The molecule has 2 aliphatic heterocycles. The predicted molar refractivity (Wildman–Crippen MR) is 127 cm³/mol. The Morgan fingerprint density at radius 2 is 2.12 bits per heavy atom. The monoisotopic (exact) mass is 459 g/mol. The summed E-state index contributed by atoms with van der Waals surface area (Å²) in [6.07, 6.45) is 3.82. The first-order valence-electron chi connectivity index (χ1n) is 11.3. The second kappa shape index (κ2) is 7.79. The van der Waals surface area contributed by atoms with Crippen molar-refractivity contribution in [3.8, 4) is 22.8 Å². The number of methoxy groups -OCH3 is 1. The lowest BCUT2D eigenvalue weighted by molar-refractivity contribution is -0.132. The van der Waals surface area contributed by atoms with Crippen LogP contribution >= 0.6 is 0 Å². The van der Waals surface area contributed by atoms with Crippen molar-refractivity contribution in [1.82, 2.24) is 24.8 Å². The summed E-state index contributed by atoms with van der Waals surface area (Å²) < 4.78 is 13.6. The van der Waals surface area contributed by atoms with E-state index in [0.717, 1.165) is 33.2 Å². The average molecular weight is 460 g/mol. The Kier molecular flexibility index (Phi) is 4.72. The van der Waals surface area contributed by atoms with E-state index in [1.165, 1.54) is 0 Å². The van der Waals surface area contributed by atoms with Crippen LogP contribution in [0.1, 0.15) is 0 Å². The minimum atomic E-state index is -0.123. The van der Waals surface area contributed by atoms with Crippen molar-refractivity contribution in [2.45, 2.75) is 0 Å². The third kappa shape index (κ3) is 3.27. The number of benzene rings is 1. The lowest BCUT2D eigenvalue weighted by atomic mass is 10.0. The summed E-state index contributed by atoms with van der Waals surface area (Å²) in [5, 5.41) is 4.91. The van der Waals surface area contributed by atoms with Crippen LogP contribution in [0.15, 0.2) is 42.7 Å². The zero-order chi connectivity index (χ0) is 23.4. The zero-order valence-electron chi connectivity index (χ0n) is 19.0. The van der Waals surface area contributed by atoms with Crippen molar-refractivity contribution in [2.75, 3.05) is 33.4 Å². The third-order valence-electron chi connectivity index (χ3n) is 6.98. The van der Waals surface area contributed by atoms with E-state index in [-0.39, 0.29) is 30.3 Å². The lowest BCUT2D eigenvalue weighted by Gasteiger charge is -2.18. The number of rotatable bonds is 5. The number of hydrogen-bond donors (Lipinski definition) is 2. The summed E-state index contributed by atoms with van der Waals surface area (Å²) in [5.74, 6) is 1.08. The van der Waals surface area contributed by atoms with Gasteiger partial charge >= 0.3 is 0 Å². The fraction of sp³-hybridized carbons (Fsp3) is 0.320. The number of aromatic nitrogens is 3. The van der Waals surface area contributed by atoms with E-state index in [0.29, 0.717) is 31.1 Å². The molecule has 5 heterocycles. The smallest absolute Gasteiger partial charge is 0.260 e. The Balaban J connectivity index is 1.26. The van der Waals surface area contributed by atoms with Crippen molar-refractivity contribution in [3.63, 3.8) is 0 Å². The number of aryl methyl sites for hydroxylation is 1. The molecular weight excluding hydrogens is 434 g/mol. The number of amides is 2. The van der Waals surface area contributed by atoms with Crippen molar-refractivity contribution in [2.24, 2.45) is 18.9 Å². The maximum atomic E-state index is 12.8. The highest BCUT2D eigenvalue weighted by Crippen LogP contribution is 2.38. The second-order valence-corrected chi connectivity index (χ2v) is 9.00. The Morgan fingerprint density at radius 1 is 1.24 bits per heavy atom. The van der Waals surface area contributed by atoms with Crippen LogP contribution in [0.5, 0.6) is 11.5 Å². The highest BCUT2D eigenvalue weighted by Gasteiger charge is 2.43. The van der Waals surface area contributed by atoms with Gasteiger partial charge in [0.15, 0.2) is 18.1 Å². The van der Waals surface area contributed by atoms with Crippen LogP contribution in [0.25, 0.3) is 33.2 Å². The van der Waals surface area contributed by atoms with E-state index in [9.17, 15) is 9.59 Å². The van der Waals surface area contributed by atoms with Gasteiger partial charge in [0, 0.05) is 73.1 Å². The molecule has 9 heteroatoms. The molecule has 6 rings (SSSR count). The van der Waals surface area contributed by atoms with Gasteiger partial charge in [-0.3, -0.25) is 9.59 Å². The van der Waals surface area contributed by atoms with E-state index < -0.39 is 0 Å². The largest absolute Gasteiger partial charge is 0.493 e. The standard InChI is InChI=1S/C25H25N5O4/c1-29-11-18(19-6-14-4-3-5-26-24(14)28-19)16-7-21(33-2)22(8-20(16)29)34-13-23(31)30-10-15-9-27-25(32)17(15)12-30/h3-8,11,15,17H,9-10,12-13H2,1-2H3,(H,26,28)(H,27,32)/t15-,17+/m0/s1. The lowest BCUT2D eigenvalue weighted by Crippen LogP contribution is -2.36. The highest BCUT2D eigenvalue weighted by molar-refractivity contribution is 5.99. The Labute approximate surface area is 195 Å². The van der Waals surface area contributed by atoms with Gasteiger partial charge in [0.25, 0.3) is 5.91 Å². The number of ether oxygens (including phenoxy) is 2. The number of carbonyl (C=O) groups excluding carboxylic acids is 2. The van der Waals surface area contributed by atoms with Crippen molar-refractivity contribution >= 4 is 33.8 Å². The number of nitrogens with zero attached hydrogens (tertiary/aromatic N) is 3. The molecular formula is C25H25N5O4. The summed E-state index contributed by atoms with van der Waals surface area (Å²) >= 11 is 0. The van der Waals surface area contributed by atoms with Gasteiger partial charge in [-0.15, -0.1) is 0 Å². The molecule has 0 spiro atoms. The number of H-pyrrole nitrogens is 1. The van der Waals surface area contributed by atoms with Crippen LogP contribution in [0.3, 0.4) is 0 Å².